The fourth-order valence-electron chi connectivity index (χ4n) is 3.03. The van der Waals surface area contributed by atoms with Gasteiger partial charge in [0.05, 0.1) is 24.9 Å². The van der Waals surface area contributed by atoms with Crippen LogP contribution in [0.4, 0.5) is 0 Å². The molecule has 2 atom stereocenters. The third-order valence-corrected chi connectivity index (χ3v) is 5.32. The molecule has 0 aliphatic carbocycles. The second kappa shape index (κ2) is 8.22. The highest BCUT2D eigenvalue weighted by Gasteiger charge is 2.24. The number of hydrogen-bond acceptors (Lipinski definition) is 6. The standard InChI is InChI=1S/C18H22N4OS/c1-14-13-24-18(21-14)15(10-19)11-20-12-16(17-6-5-9-23-17)22-7-3-2-4-8-22/h5-6,9,11,13,15-16H,2-4,7-8,12H2,1H3/t15-,16-/m1/s1. The van der Waals surface area contributed by atoms with Crippen LogP contribution in [0.25, 0.3) is 0 Å². The van der Waals surface area contributed by atoms with Crippen LogP contribution in [0.5, 0.6) is 0 Å². The molecule has 2 aromatic rings. The normalized spacial score (nSPS) is 18.5. The van der Waals surface area contributed by atoms with Crippen LogP contribution >= 0.6 is 11.3 Å². The van der Waals surface area contributed by atoms with Crippen molar-refractivity contribution in [1.29, 1.82) is 5.26 Å². The molecule has 0 aromatic carbocycles. The van der Waals surface area contributed by atoms with Gasteiger partial charge in [-0.2, -0.15) is 5.26 Å². The summed E-state index contributed by atoms with van der Waals surface area (Å²) < 4.78 is 5.63. The molecule has 0 unspecified atom stereocenters. The Kier molecular flexibility index (Phi) is 5.78. The van der Waals surface area contributed by atoms with Crippen molar-refractivity contribution in [2.75, 3.05) is 19.6 Å². The zero-order valence-electron chi connectivity index (χ0n) is 13.9. The molecule has 1 saturated heterocycles. The number of rotatable bonds is 6. The summed E-state index contributed by atoms with van der Waals surface area (Å²) in [7, 11) is 0. The topological polar surface area (TPSA) is 65.4 Å². The number of furan rings is 1. The molecule has 24 heavy (non-hydrogen) atoms. The molecular formula is C18H22N4OS. The molecule has 0 bridgehead atoms. The Morgan fingerprint density at radius 3 is 2.92 bits per heavy atom. The number of likely N-dealkylation sites (tertiary alicyclic amines) is 1. The quantitative estimate of drug-likeness (QED) is 0.746. The predicted octanol–water partition coefficient (Wildman–Crippen LogP) is 3.95. The van der Waals surface area contributed by atoms with Gasteiger partial charge in [-0.1, -0.05) is 6.42 Å². The van der Waals surface area contributed by atoms with Gasteiger partial charge in [-0.25, -0.2) is 4.98 Å². The molecule has 1 fully saturated rings. The van der Waals surface area contributed by atoms with Gasteiger partial charge >= 0.3 is 0 Å². The van der Waals surface area contributed by atoms with Crippen molar-refractivity contribution < 1.29 is 4.42 Å². The highest BCUT2D eigenvalue weighted by molar-refractivity contribution is 7.09. The molecular weight excluding hydrogens is 320 g/mol. The van der Waals surface area contributed by atoms with Gasteiger partial charge in [0, 0.05) is 17.3 Å². The van der Waals surface area contributed by atoms with E-state index in [0.29, 0.717) is 6.54 Å². The van der Waals surface area contributed by atoms with E-state index in [9.17, 15) is 5.26 Å². The Morgan fingerprint density at radius 2 is 2.29 bits per heavy atom. The number of nitriles is 1. The summed E-state index contributed by atoms with van der Waals surface area (Å²) in [6.45, 7) is 4.70. The van der Waals surface area contributed by atoms with Crippen LogP contribution < -0.4 is 0 Å². The Morgan fingerprint density at radius 1 is 1.46 bits per heavy atom. The van der Waals surface area contributed by atoms with Crippen LogP contribution in [-0.2, 0) is 0 Å². The van der Waals surface area contributed by atoms with Gasteiger partial charge in [0.2, 0.25) is 0 Å². The van der Waals surface area contributed by atoms with Gasteiger partial charge in [-0.05, 0) is 45.0 Å². The minimum Gasteiger partial charge on any atom is -0.468 e. The fourth-order valence-corrected chi connectivity index (χ4v) is 3.83. The molecule has 3 rings (SSSR count). The van der Waals surface area contributed by atoms with Gasteiger partial charge in [0.15, 0.2) is 0 Å². The lowest BCUT2D eigenvalue weighted by atomic mass is 10.1. The van der Waals surface area contributed by atoms with Gasteiger partial charge in [0.1, 0.15) is 16.7 Å². The number of aryl methyl sites for hydroxylation is 1. The Balaban J connectivity index is 1.69. The van der Waals surface area contributed by atoms with Crippen LogP contribution in [0.15, 0.2) is 33.2 Å². The van der Waals surface area contributed by atoms with E-state index in [2.05, 4.69) is 20.9 Å². The largest absolute Gasteiger partial charge is 0.468 e. The summed E-state index contributed by atoms with van der Waals surface area (Å²) in [6.07, 6.45) is 7.19. The Bertz CT molecular complexity index is 695. The highest BCUT2D eigenvalue weighted by Crippen LogP contribution is 2.26. The van der Waals surface area contributed by atoms with Crippen LogP contribution in [-0.4, -0.2) is 35.7 Å². The zero-order chi connectivity index (χ0) is 16.8. The number of nitrogens with zero attached hydrogens (tertiary/aromatic N) is 4. The summed E-state index contributed by atoms with van der Waals surface area (Å²) in [5.41, 5.74) is 0.949. The minimum atomic E-state index is -0.373. The van der Waals surface area contributed by atoms with E-state index in [1.807, 2.05) is 24.4 Å². The summed E-state index contributed by atoms with van der Waals surface area (Å²) in [5, 5.41) is 12.2. The molecule has 0 N–H and O–H groups in total. The van der Waals surface area contributed by atoms with Crippen molar-refractivity contribution in [3.05, 3.63) is 40.2 Å². The molecule has 6 heteroatoms. The Hall–Kier alpha value is -1.97. The van der Waals surface area contributed by atoms with Gasteiger partial charge in [-0.15, -0.1) is 11.3 Å². The van der Waals surface area contributed by atoms with Gasteiger partial charge in [-0.3, -0.25) is 9.89 Å². The average molecular weight is 342 g/mol. The summed E-state index contributed by atoms with van der Waals surface area (Å²) in [5.74, 6) is 0.579. The second-order valence-corrected chi connectivity index (χ2v) is 6.97. The molecule has 0 radical (unpaired) electrons. The molecule has 0 amide bonds. The lowest BCUT2D eigenvalue weighted by Gasteiger charge is -2.32. The number of hydrogen-bond donors (Lipinski definition) is 0. The average Bonchev–Trinajstić information content (AvgIpc) is 3.28. The van der Waals surface area contributed by atoms with Gasteiger partial charge in [0.25, 0.3) is 0 Å². The first-order chi connectivity index (χ1) is 11.8. The SMILES string of the molecule is Cc1csc([C@H](C#N)C=NC[C@H](c2ccco2)N2CCCCC2)n1. The maximum absolute atomic E-state index is 9.38. The molecule has 2 aromatic heterocycles. The lowest BCUT2D eigenvalue weighted by Crippen LogP contribution is -2.35. The molecule has 1 aliphatic rings. The van der Waals surface area contributed by atoms with Crippen LogP contribution in [0.2, 0.25) is 0 Å². The second-order valence-electron chi connectivity index (χ2n) is 6.08. The fraction of sp³-hybridized carbons (Fsp3) is 0.500. The number of aliphatic imine (C=N–C) groups is 1. The number of thiazole rings is 1. The monoisotopic (exact) mass is 342 g/mol. The van der Waals surface area contributed by atoms with E-state index < -0.39 is 0 Å². The minimum absolute atomic E-state index is 0.147. The van der Waals surface area contributed by atoms with Crippen molar-refractivity contribution >= 4 is 17.6 Å². The molecule has 1 aliphatic heterocycles. The predicted molar refractivity (Wildman–Crippen MR) is 95.4 cm³/mol. The van der Waals surface area contributed by atoms with Crippen molar-refractivity contribution in [1.82, 2.24) is 9.88 Å². The molecule has 3 heterocycles. The van der Waals surface area contributed by atoms with E-state index >= 15 is 0 Å². The summed E-state index contributed by atoms with van der Waals surface area (Å²) >= 11 is 1.51. The first-order valence-corrected chi connectivity index (χ1v) is 9.25. The first-order valence-electron chi connectivity index (χ1n) is 8.37. The molecule has 0 saturated carbocycles. The Labute approximate surface area is 146 Å². The number of aromatic nitrogens is 1. The van der Waals surface area contributed by atoms with E-state index in [1.54, 1.807) is 12.5 Å². The van der Waals surface area contributed by atoms with Crippen molar-refractivity contribution in [2.45, 2.75) is 38.1 Å². The maximum atomic E-state index is 9.38. The smallest absolute Gasteiger partial charge is 0.133 e. The van der Waals surface area contributed by atoms with Crippen molar-refractivity contribution in [2.24, 2.45) is 4.99 Å². The first kappa shape index (κ1) is 16.9. The van der Waals surface area contributed by atoms with E-state index in [0.717, 1.165) is 29.6 Å². The zero-order valence-corrected chi connectivity index (χ0v) is 14.7. The summed E-state index contributed by atoms with van der Waals surface area (Å²) in [4.78, 5) is 11.4. The highest BCUT2D eigenvalue weighted by atomic mass is 32.1. The molecule has 5 nitrogen and oxygen atoms in total. The van der Waals surface area contributed by atoms with E-state index in [4.69, 9.17) is 4.42 Å². The van der Waals surface area contributed by atoms with E-state index in [-0.39, 0.29) is 12.0 Å². The third kappa shape index (κ3) is 4.11. The van der Waals surface area contributed by atoms with Crippen molar-refractivity contribution in [3.8, 4) is 6.07 Å². The van der Waals surface area contributed by atoms with Crippen LogP contribution in [0.1, 0.15) is 47.7 Å². The van der Waals surface area contributed by atoms with Crippen LogP contribution in [0.3, 0.4) is 0 Å². The van der Waals surface area contributed by atoms with Gasteiger partial charge < -0.3 is 4.42 Å². The lowest BCUT2D eigenvalue weighted by molar-refractivity contribution is 0.150. The molecule has 0 spiro atoms. The van der Waals surface area contributed by atoms with Crippen molar-refractivity contribution in [3.63, 3.8) is 0 Å². The molecule has 126 valence electrons. The van der Waals surface area contributed by atoms with Crippen LogP contribution in [0, 0.1) is 18.3 Å². The number of piperidine rings is 1. The summed E-state index contributed by atoms with van der Waals surface area (Å²) in [6, 6.07) is 6.37. The van der Waals surface area contributed by atoms with E-state index in [1.165, 1.54) is 30.6 Å². The maximum Gasteiger partial charge on any atom is 0.133 e. The third-order valence-electron chi connectivity index (χ3n) is 4.28.